The van der Waals surface area contributed by atoms with Crippen LogP contribution in [0.2, 0.25) is 0 Å². The van der Waals surface area contributed by atoms with Crippen molar-refractivity contribution < 1.29 is 14.6 Å². The van der Waals surface area contributed by atoms with Crippen molar-refractivity contribution in [1.82, 2.24) is 14.7 Å². The average Bonchev–Trinajstić information content (AvgIpc) is 3.19. The minimum absolute atomic E-state index is 0.190. The summed E-state index contributed by atoms with van der Waals surface area (Å²) in [7, 11) is 1.76. The molecule has 1 aromatic heterocycles. The number of anilines is 1. The molecule has 2 heterocycles. The molecule has 2 aromatic carbocycles. The number of nitrogens with one attached hydrogen (secondary N) is 1. The molecule has 1 aliphatic rings. The van der Waals surface area contributed by atoms with E-state index in [2.05, 4.69) is 39.6 Å². The molecule has 7 heteroatoms. The smallest absolute Gasteiger partial charge is 0.276 e. The Kier molecular flexibility index (Phi) is 6.11. The second kappa shape index (κ2) is 9.11. The molecule has 1 atom stereocenters. The monoisotopic (exact) mass is 406 g/mol. The molecule has 1 unspecified atom stereocenters. The summed E-state index contributed by atoms with van der Waals surface area (Å²) in [4.78, 5) is 14.5. The van der Waals surface area contributed by atoms with E-state index in [0.717, 1.165) is 19.5 Å². The molecule has 0 spiro atoms. The summed E-state index contributed by atoms with van der Waals surface area (Å²) in [6.45, 7) is 2.53. The van der Waals surface area contributed by atoms with Gasteiger partial charge in [-0.05, 0) is 35.7 Å². The number of aromatic nitrogens is 2. The number of aliphatic hydroxyl groups is 1. The number of amides is 1. The molecule has 0 radical (unpaired) electrons. The highest BCUT2D eigenvalue weighted by molar-refractivity contribution is 6.02. The Balaban J connectivity index is 1.27. The van der Waals surface area contributed by atoms with E-state index in [0.29, 0.717) is 23.7 Å². The van der Waals surface area contributed by atoms with Gasteiger partial charge >= 0.3 is 0 Å². The molecule has 0 saturated heterocycles. The van der Waals surface area contributed by atoms with E-state index in [4.69, 9.17) is 4.74 Å². The van der Waals surface area contributed by atoms with Gasteiger partial charge in [0.2, 0.25) is 0 Å². The number of carbonyl (C=O) groups excluding carboxylic acids is 1. The molecule has 0 fully saturated rings. The van der Waals surface area contributed by atoms with Crippen LogP contribution in [0.1, 0.15) is 21.6 Å². The number of hydrogen-bond donors (Lipinski definition) is 2. The van der Waals surface area contributed by atoms with Crippen molar-refractivity contribution in [2.24, 2.45) is 7.05 Å². The minimum atomic E-state index is -0.595. The van der Waals surface area contributed by atoms with Crippen LogP contribution in [0.3, 0.4) is 0 Å². The molecule has 4 rings (SSSR count). The molecular weight excluding hydrogens is 380 g/mol. The van der Waals surface area contributed by atoms with E-state index in [1.807, 2.05) is 0 Å². The third kappa shape index (κ3) is 5.06. The Morgan fingerprint density at radius 2 is 2.03 bits per heavy atom. The van der Waals surface area contributed by atoms with Crippen molar-refractivity contribution in [3.8, 4) is 5.75 Å². The van der Waals surface area contributed by atoms with E-state index < -0.39 is 6.10 Å². The Labute approximate surface area is 175 Å². The Bertz CT molecular complexity index is 1020. The highest BCUT2D eigenvalue weighted by Crippen LogP contribution is 2.20. The van der Waals surface area contributed by atoms with Gasteiger partial charge < -0.3 is 15.2 Å². The largest absolute Gasteiger partial charge is 0.491 e. The van der Waals surface area contributed by atoms with E-state index in [1.54, 1.807) is 48.3 Å². The maximum atomic E-state index is 12.2. The number of benzene rings is 2. The lowest BCUT2D eigenvalue weighted by Crippen LogP contribution is -2.38. The first kappa shape index (κ1) is 20.1. The van der Waals surface area contributed by atoms with Gasteiger partial charge in [-0.3, -0.25) is 14.4 Å². The molecule has 1 aliphatic heterocycles. The molecule has 0 aliphatic carbocycles. The van der Waals surface area contributed by atoms with Gasteiger partial charge in [-0.15, -0.1) is 0 Å². The van der Waals surface area contributed by atoms with Crippen LogP contribution in [0.15, 0.2) is 60.8 Å². The van der Waals surface area contributed by atoms with Gasteiger partial charge in [-0.2, -0.15) is 5.10 Å². The Morgan fingerprint density at radius 3 is 2.83 bits per heavy atom. The predicted molar refractivity (Wildman–Crippen MR) is 115 cm³/mol. The van der Waals surface area contributed by atoms with Crippen molar-refractivity contribution >= 4 is 11.6 Å². The van der Waals surface area contributed by atoms with Gasteiger partial charge in [0.15, 0.2) is 5.69 Å². The fraction of sp³-hybridized carbons (Fsp3) is 0.304. The number of nitrogens with zero attached hydrogens (tertiary/aromatic N) is 3. The third-order valence-corrected chi connectivity index (χ3v) is 5.16. The Morgan fingerprint density at radius 1 is 1.20 bits per heavy atom. The zero-order chi connectivity index (χ0) is 20.9. The van der Waals surface area contributed by atoms with E-state index in [9.17, 15) is 9.90 Å². The van der Waals surface area contributed by atoms with Gasteiger partial charge in [0.05, 0.1) is 0 Å². The maximum Gasteiger partial charge on any atom is 0.276 e. The molecule has 30 heavy (non-hydrogen) atoms. The highest BCUT2D eigenvalue weighted by atomic mass is 16.5. The molecule has 0 saturated carbocycles. The van der Waals surface area contributed by atoms with Crippen LogP contribution in [0.4, 0.5) is 5.69 Å². The first-order chi connectivity index (χ1) is 14.6. The summed E-state index contributed by atoms with van der Waals surface area (Å²) in [5.41, 5.74) is 3.69. The lowest BCUT2D eigenvalue weighted by molar-refractivity contribution is 0.0638. The summed E-state index contributed by atoms with van der Waals surface area (Å²) in [6, 6.07) is 17.2. The van der Waals surface area contributed by atoms with Crippen molar-refractivity contribution in [2.75, 3.05) is 25.0 Å². The number of fused-ring (bicyclic) bond motifs is 1. The lowest BCUT2D eigenvalue weighted by atomic mass is 10.00. The predicted octanol–water partition coefficient (Wildman–Crippen LogP) is 2.47. The first-order valence-corrected chi connectivity index (χ1v) is 10.1. The first-order valence-electron chi connectivity index (χ1n) is 10.1. The van der Waals surface area contributed by atoms with Crippen LogP contribution in [0.5, 0.6) is 5.75 Å². The van der Waals surface area contributed by atoms with Crippen LogP contribution >= 0.6 is 0 Å². The SMILES string of the molecule is Cn1ccc(C(=O)Nc2cccc(OCC(O)CN3CCc4ccccc4C3)c2)n1. The highest BCUT2D eigenvalue weighted by Gasteiger charge is 2.18. The van der Waals surface area contributed by atoms with Crippen LogP contribution in [0, 0.1) is 0 Å². The lowest BCUT2D eigenvalue weighted by Gasteiger charge is -2.30. The molecule has 3 aromatic rings. The van der Waals surface area contributed by atoms with Gasteiger partial charge in [-0.25, -0.2) is 0 Å². The standard InChI is InChI=1S/C23H26N4O3/c1-26-11-10-22(25-26)23(29)24-19-7-4-8-21(13-19)30-16-20(28)15-27-12-9-17-5-2-3-6-18(17)14-27/h2-8,10-11,13,20,28H,9,12,14-16H2,1H3,(H,24,29). The summed E-state index contributed by atoms with van der Waals surface area (Å²) < 4.78 is 7.34. The molecule has 156 valence electrons. The van der Waals surface area contributed by atoms with Gasteiger partial charge in [-0.1, -0.05) is 30.3 Å². The van der Waals surface area contributed by atoms with Crippen molar-refractivity contribution in [3.05, 3.63) is 77.6 Å². The number of rotatable bonds is 7. The second-order valence-electron chi connectivity index (χ2n) is 7.58. The summed E-state index contributed by atoms with van der Waals surface area (Å²) in [5, 5.41) is 17.3. The number of ether oxygens (including phenoxy) is 1. The van der Waals surface area contributed by atoms with Crippen LogP contribution in [-0.4, -0.2) is 51.5 Å². The quantitative estimate of drug-likeness (QED) is 0.630. The Hall–Kier alpha value is -3.16. The number of aliphatic hydroxyl groups excluding tert-OH is 1. The fourth-order valence-corrected chi connectivity index (χ4v) is 3.65. The topological polar surface area (TPSA) is 79.6 Å². The maximum absolute atomic E-state index is 12.2. The van der Waals surface area contributed by atoms with Crippen molar-refractivity contribution in [2.45, 2.75) is 19.1 Å². The summed E-state index contributed by atoms with van der Waals surface area (Å²) >= 11 is 0. The van der Waals surface area contributed by atoms with Crippen LogP contribution < -0.4 is 10.1 Å². The number of β-amino-alcohol motifs (C(OH)–C–C–N with tert-alkyl or cyclic N) is 1. The zero-order valence-corrected chi connectivity index (χ0v) is 17.0. The molecule has 2 N–H and O–H groups in total. The summed E-state index contributed by atoms with van der Waals surface area (Å²) in [6.07, 6.45) is 2.13. The van der Waals surface area contributed by atoms with E-state index >= 15 is 0 Å². The second-order valence-corrected chi connectivity index (χ2v) is 7.58. The average molecular weight is 406 g/mol. The fourth-order valence-electron chi connectivity index (χ4n) is 3.65. The number of carbonyl (C=O) groups is 1. The third-order valence-electron chi connectivity index (χ3n) is 5.16. The number of aryl methyl sites for hydroxylation is 1. The molecular formula is C23H26N4O3. The van der Waals surface area contributed by atoms with Gasteiger partial charge in [0.1, 0.15) is 18.5 Å². The molecule has 1 amide bonds. The van der Waals surface area contributed by atoms with Crippen molar-refractivity contribution in [1.29, 1.82) is 0 Å². The molecule has 7 nitrogen and oxygen atoms in total. The van der Waals surface area contributed by atoms with Crippen LogP contribution in [0.25, 0.3) is 0 Å². The van der Waals surface area contributed by atoms with E-state index in [-0.39, 0.29) is 12.5 Å². The van der Waals surface area contributed by atoms with Gasteiger partial charge in [0, 0.05) is 44.6 Å². The van der Waals surface area contributed by atoms with Crippen molar-refractivity contribution in [3.63, 3.8) is 0 Å². The minimum Gasteiger partial charge on any atom is -0.491 e. The summed E-state index contributed by atoms with van der Waals surface area (Å²) in [5.74, 6) is 0.315. The van der Waals surface area contributed by atoms with Gasteiger partial charge in [0.25, 0.3) is 5.91 Å². The zero-order valence-electron chi connectivity index (χ0n) is 17.0. The number of hydrogen-bond acceptors (Lipinski definition) is 5. The van der Waals surface area contributed by atoms with E-state index in [1.165, 1.54) is 11.1 Å². The van der Waals surface area contributed by atoms with Crippen LogP contribution in [-0.2, 0) is 20.0 Å². The normalized spacial score (nSPS) is 14.7. The molecule has 0 bridgehead atoms.